The lowest BCUT2D eigenvalue weighted by Gasteiger charge is -2.14. The zero-order valence-corrected chi connectivity index (χ0v) is 10.1. The molecule has 5 heteroatoms. The topological polar surface area (TPSA) is 56.1 Å². The van der Waals surface area contributed by atoms with E-state index in [2.05, 4.69) is 24.3 Å². The number of rotatable bonds is 6. The van der Waals surface area contributed by atoms with Gasteiger partial charge in [-0.1, -0.05) is 13.8 Å². The normalized spacial score (nSPS) is 10.5. The van der Waals surface area contributed by atoms with Gasteiger partial charge in [0.15, 0.2) is 12.4 Å². The van der Waals surface area contributed by atoms with Crippen molar-refractivity contribution in [2.45, 2.75) is 32.7 Å². The molecule has 0 saturated carbocycles. The predicted molar refractivity (Wildman–Crippen MR) is 61.2 cm³/mol. The van der Waals surface area contributed by atoms with Crippen molar-refractivity contribution >= 4 is 5.91 Å². The van der Waals surface area contributed by atoms with Crippen molar-refractivity contribution in [1.82, 2.24) is 15.1 Å². The van der Waals surface area contributed by atoms with Crippen LogP contribution in [0.4, 0.5) is 0 Å². The summed E-state index contributed by atoms with van der Waals surface area (Å²) >= 11 is 0. The van der Waals surface area contributed by atoms with E-state index in [1.54, 1.807) is 24.1 Å². The van der Waals surface area contributed by atoms with Crippen LogP contribution in [-0.4, -0.2) is 28.3 Å². The Hall–Kier alpha value is -1.52. The number of aromatic nitrogens is 2. The first kappa shape index (κ1) is 12.5. The van der Waals surface area contributed by atoms with Gasteiger partial charge in [0, 0.05) is 13.1 Å². The van der Waals surface area contributed by atoms with Crippen LogP contribution in [0.1, 0.15) is 26.7 Å². The second-order valence-corrected chi connectivity index (χ2v) is 3.72. The minimum atomic E-state index is -0.0856. The van der Waals surface area contributed by atoms with E-state index in [1.807, 2.05) is 0 Å². The predicted octanol–water partition coefficient (Wildman–Crippen LogP) is 1.10. The first-order valence-electron chi connectivity index (χ1n) is 5.56. The number of ether oxygens (including phenoxy) is 1. The largest absolute Gasteiger partial charge is 0.480 e. The lowest BCUT2D eigenvalue weighted by atomic mass is 10.2. The molecule has 1 rings (SSSR count). The molecule has 1 amide bonds. The number of carbonyl (C=O) groups excluding carboxylic acids is 1. The molecule has 0 aliphatic carbocycles. The Kier molecular flexibility index (Phi) is 4.82. The van der Waals surface area contributed by atoms with Crippen molar-refractivity contribution in [3.05, 3.63) is 12.4 Å². The van der Waals surface area contributed by atoms with Crippen molar-refractivity contribution in [2.24, 2.45) is 7.05 Å². The number of amides is 1. The second kappa shape index (κ2) is 6.15. The van der Waals surface area contributed by atoms with E-state index in [9.17, 15) is 4.79 Å². The smallest absolute Gasteiger partial charge is 0.258 e. The second-order valence-electron chi connectivity index (χ2n) is 3.72. The lowest BCUT2D eigenvalue weighted by Crippen LogP contribution is -2.37. The van der Waals surface area contributed by atoms with Gasteiger partial charge >= 0.3 is 0 Å². The Morgan fingerprint density at radius 2 is 2.25 bits per heavy atom. The van der Waals surface area contributed by atoms with Gasteiger partial charge in [-0.25, -0.2) is 0 Å². The van der Waals surface area contributed by atoms with Crippen molar-refractivity contribution in [1.29, 1.82) is 0 Å². The van der Waals surface area contributed by atoms with Gasteiger partial charge in [-0.2, -0.15) is 5.10 Å². The summed E-state index contributed by atoms with van der Waals surface area (Å²) < 4.78 is 6.92. The molecule has 0 bridgehead atoms. The Bertz CT molecular complexity index is 332. The molecule has 5 nitrogen and oxygen atoms in total. The van der Waals surface area contributed by atoms with E-state index in [-0.39, 0.29) is 18.6 Å². The fourth-order valence-corrected chi connectivity index (χ4v) is 1.38. The van der Waals surface area contributed by atoms with Crippen LogP contribution in [0.2, 0.25) is 0 Å². The number of aryl methyl sites for hydroxylation is 1. The first-order valence-corrected chi connectivity index (χ1v) is 5.56. The molecule has 90 valence electrons. The van der Waals surface area contributed by atoms with E-state index < -0.39 is 0 Å². The molecule has 0 atom stereocenters. The molecule has 0 fully saturated rings. The third-order valence-electron chi connectivity index (χ3n) is 2.40. The van der Waals surface area contributed by atoms with E-state index in [4.69, 9.17) is 4.74 Å². The highest BCUT2D eigenvalue weighted by molar-refractivity contribution is 5.77. The Morgan fingerprint density at radius 1 is 1.56 bits per heavy atom. The number of carbonyl (C=O) groups is 1. The Balaban J connectivity index is 2.30. The lowest BCUT2D eigenvalue weighted by molar-refractivity contribution is -0.123. The van der Waals surface area contributed by atoms with Gasteiger partial charge in [0.05, 0.1) is 12.4 Å². The summed E-state index contributed by atoms with van der Waals surface area (Å²) in [5.74, 6) is 0.528. The monoisotopic (exact) mass is 225 g/mol. The summed E-state index contributed by atoms with van der Waals surface area (Å²) in [6, 6.07) is 0.241. The molecule has 1 aromatic heterocycles. The zero-order valence-electron chi connectivity index (χ0n) is 10.1. The molecule has 0 radical (unpaired) electrons. The summed E-state index contributed by atoms with van der Waals surface area (Å²) in [6.07, 6.45) is 5.19. The van der Waals surface area contributed by atoms with Crippen LogP contribution in [0.5, 0.6) is 5.75 Å². The number of nitrogens with zero attached hydrogens (tertiary/aromatic N) is 2. The summed E-state index contributed by atoms with van der Waals surface area (Å²) in [5.41, 5.74) is 0. The standard InChI is InChI=1S/C11H19N3O2/c1-4-9(5-2)13-11(15)8-16-10-6-12-14(3)7-10/h6-7,9H,4-5,8H2,1-3H3,(H,13,15). The van der Waals surface area contributed by atoms with Crippen molar-refractivity contribution in [3.63, 3.8) is 0 Å². The van der Waals surface area contributed by atoms with Crippen LogP contribution in [-0.2, 0) is 11.8 Å². The van der Waals surface area contributed by atoms with E-state index in [1.165, 1.54) is 0 Å². The zero-order chi connectivity index (χ0) is 12.0. The number of hydrogen-bond acceptors (Lipinski definition) is 3. The Morgan fingerprint density at radius 3 is 2.75 bits per heavy atom. The van der Waals surface area contributed by atoms with Crippen LogP contribution < -0.4 is 10.1 Å². The van der Waals surface area contributed by atoms with Crippen LogP contribution in [0, 0.1) is 0 Å². The highest BCUT2D eigenvalue weighted by atomic mass is 16.5. The fourth-order valence-electron chi connectivity index (χ4n) is 1.38. The summed E-state index contributed by atoms with van der Waals surface area (Å²) in [6.45, 7) is 4.15. The van der Waals surface area contributed by atoms with Crippen LogP contribution >= 0.6 is 0 Å². The van der Waals surface area contributed by atoms with Crippen LogP contribution in [0.25, 0.3) is 0 Å². The molecule has 16 heavy (non-hydrogen) atoms. The molecule has 0 spiro atoms. The number of nitrogens with one attached hydrogen (secondary N) is 1. The Labute approximate surface area is 95.8 Å². The SMILES string of the molecule is CCC(CC)NC(=O)COc1cnn(C)c1. The van der Waals surface area contributed by atoms with Crippen molar-refractivity contribution in [2.75, 3.05) is 6.61 Å². The van der Waals surface area contributed by atoms with E-state index in [0.29, 0.717) is 5.75 Å². The van der Waals surface area contributed by atoms with Crippen molar-refractivity contribution in [3.8, 4) is 5.75 Å². The minimum Gasteiger partial charge on any atom is -0.480 e. The maximum atomic E-state index is 11.5. The van der Waals surface area contributed by atoms with Gasteiger partial charge in [0.1, 0.15) is 0 Å². The molecule has 0 aromatic carbocycles. The van der Waals surface area contributed by atoms with Gasteiger partial charge < -0.3 is 10.1 Å². The first-order chi connectivity index (χ1) is 7.65. The average Bonchev–Trinajstić information content (AvgIpc) is 2.69. The highest BCUT2D eigenvalue weighted by Gasteiger charge is 2.09. The molecular formula is C11H19N3O2. The maximum Gasteiger partial charge on any atom is 0.258 e. The molecule has 1 heterocycles. The summed E-state index contributed by atoms with van der Waals surface area (Å²) in [4.78, 5) is 11.5. The fraction of sp³-hybridized carbons (Fsp3) is 0.636. The third-order valence-corrected chi connectivity index (χ3v) is 2.40. The molecule has 0 saturated heterocycles. The van der Waals surface area contributed by atoms with E-state index >= 15 is 0 Å². The molecule has 0 aliphatic rings. The third kappa shape index (κ3) is 3.92. The van der Waals surface area contributed by atoms with E-state index in [0.717, 1.165) is 12.8 Å². The van der Waals surface area contributed by atoms with Crippen LogP contribution in [0.15, 0.2) is 12.4 Å². The molecular weight excluding hydrogens is 206 g/mol. The minimum absolute atomic E-state index is 0.0438. The van der Waals surface area contributed by atoms with Crippen molar-refractivity contribution < 1.29 is 9.53 Å². The van der Waals surface area contributed by atoms with Gasteiger partial charge in [-0.05, 0) is 12.8 Å². The number of hydrogen-bond donors (Lipinski definition) is 1. The molecule has 0 aliphatic heterocycles. The molecule has 1 aromatic rings. The van der Waals surface area contributed by atoms with Gasteiger partial charge in [-0.15, -0.1) is 0 Å². The molecule has 1 N–H and O–H groups in total. The quantitative estimate of drug-likeness (QED) is 0.789. The van der Waals surface area contributed by atoms with Crippen LogP contribution in [0.3, 0.4) is 0 Å². The van der Waals surface area contributed by atoms with Gasteiger partial charge in [0.2, 0.25) is 0 Å². The maximum absolute atomic E-state index is 11.5. The summed E-state index contributed by atoms with van der Waals surface area (Å²) in [5, 5.41) is 6.85. The average molecular weight is 225 g/mol. The molecule has 0 unspecified atom stereocenters. The highest BCUT2D eigenvalue weighted by Crippen LogP contribution is 2.06. The van der Waals surface area contributed by atoms with Gasteiger partial charge in [-0.3, -0.25) is 9.48 Å². The van der Waals surface area contributed by atoms with Gasteiger partial charge in [0.25, 0.3) is 5.91 Å². The summed E-state index contributed by atoms with van der Waals surface area (Å²) in [7, 11) is 1.80.